The summed E-state index contributed by atoms with van der Waals surface area (Å²) in [6, 6.07) is 12.0. The van der Waals surface area contributed by atoms with Gasteiger partial charge in [-0.3, -0.25) is 9.89 Å². The number of hydrogen-bond acceptors (Lipinski definition) is 7. The fourth-order valence-electron chi connectivity index (χ4n) is 3.64. The number of anilines is 1. The van der Waals surface area contributed by atoms with Crippen LogP contribution in [0, 0.1) is 18.3 Å². The van der Waals surface area contributed by atoms with Crippen molar-refractivity contribution in [3.8, 4) is 23.4 Å². The van der Waals surface area contributed by atoms with Crippen molar-refractivity contribution in [3.63, 3.8) is 0 Å². The first-order valence-electron chi connectivity index (χ1n) is 10.0. The van der Waals surface area contributed by atoms with Gasteiger partial charge < -0.3 is 25.3 Å². The second-order valence-electron chi connectivity index (χ2n) is 7.36. The quantitative estimate of drug-likeness (QED) is 0.460. The maximum Gasteiger partial charge on any atom is 0.262 e. The van der Waals surface area contributed by atoms with E-state index in [9.17, 15) is 10.1 Å². The van der Waals surface area contributed by atoms with Gasteiger partial charge in [0.2, 0.25) is 11.8 Å². The van der Waals surface area contributed by atoms with Crippen LogP contribution >= 0.6 is 23.2 Å². The molecule has 0 aliphatic carbocycles. The number of amides is 1. The van der Waals surface area contributed by atoms with E-state index in [1.165, 1.54) is 13.2 Å². The molecule has 1 amide bonds. The highest BCUT2D eigenvalue weighted by Crippen LogP contribution is 2.44. The van der Waals surface area contributed by atoms with Crippen molar-refractivity contribution in [1.29, 1.82) is 5.26 Å². The van der Waals surface area contributed by atoms with Gasteiger partial charge >= 0.3 is 0 Å². The fraction of sp³-hybridized carbons (Fsp3) is 0.174. The third kappa shape index (κ3) is 4.46. The second kappa shape index (κ2) is 9.55. The molecule has 11 heteroatoms. The van der Waals surface area contributed by atoms with E-state index in [4.69, 9.17) is 43.1 Å². The number of aromatic amines is 1. The summed E-state index contributed by atoms with van der Waals surface area (Å²) in [6.45, 7) is 1.55. The standard InChI is InChI=1S/C23H19Cl2N5O4/c1-11-20-21(14(9-26)22(27)34-23(20)30-29-11)12-3-6-17(18(7-12)32-2)33-10-19(31)28-16-5-4-13(24)8-15(16)25/h3-8,21H,10,27H2,1-2H3,(H,28,31)(H,29,30). The minimum atomic E-state index is -0.509. The van der Waals surface area contributed by atoms with E-state index in [1.807, 2.05) is 6.92 Å². The number of H-pyrrole nitrogens is 1. The first kappa shape index (κ1) is 23.3. The van der Waals surface area contributed by atoms with Gasteiger partial charge in [-0.05, 0) is 42.8 Å². The third-order valence-corrected chi connectivity index (χ3v) is 5.76. The van der Waals surface area contributed by atoms with Crippen molar-refractivity contribution in [2.24, 2.45) is 5.73 Å². The van der Waals surface area contributed by atoms with Crippen LogP contribution in [-0.4, -0.2) is 29.8 Å². The minimum absolute atomic E-state index is 0.0108. The summed E-state index contributed by atoms with van der Waals surface area (Å²) < 4.78 is 16.6. The molecule has 0 saturated heterocycles. The highest BCUT2D eigenvalue weighted by molar-refractivity contribution is 6.36. The van der Waals surface area contributed by atoms with Crippen LogP contribution in [0.3, 0.4) is 0 Å². The number of aromatic nitrogens is 2. The lowest BCUT2D eigenvalue weighted by Gasteiger charge is -2.24. The van der Waals surface area contributed by atoms with Crippen molar-refractivity contribution in [2.75, 3.05) is 19.0 Å². The maximum atomic E-state index is 12.4. The van der Waals surface area contributed by atoms with Crippen molar-refractivity contribution in [3.05, 3.63) is 74.7 Å². The Morgan fingerprint density at radius 1 is 1.29 bits per heavy atom. The first-order chi connectivity index (χ1) is 16.3. The van der Waals surface area contributed by atoms with Gasteiger partial charge in [0.1, 0.15) is 11.6 Å². The molecule has 1 aliphatic heterocycles. The zero-order chi connectivity index (χ0) is 24.4. The Morgan fingerprint density at radius 2 is 2.09 bits per heavy atom. The van der Waals surface area contributed by atoms with Gasteiger partial charge in [0.15, 0.2) is 18.1 Å². The molecule has 1 unspecified atom stereocenters. The van der Waals surface area contributed by atoms with Gasteiger partial charge in [0, 0.05) is 16.3 Å². The number of hydrogen-bond donors (Lipinski definition) is 3. The molecule has 2 heterocycles. The van der Waals surface area contributed by atoms with Crippen LogP contribution in [0.15, 0.2) is 47.9 Å². The average molecular weight is 500 g/mol. The molecule has 4 N–H and O–H groups in total. The van der Waals surface area contributed by atoms with Crippen LogP contribution in [0.1, 0.15) is 22.7 Å². The lowest BCUT2D eigenvalue weighted by Crippen LogP contribution is -2.21. The molecule has 0 saturated carbocycles. The minimum Gasteiger partial charge on any atom is -0.493 e. The SMILES string of the molecule is COc1cc(C2C(C#N)=C(N)Oc3n[nH]c(C)c32)ccc1OCC(=O)Nc1ccc(Cl)cc1Cl. The van der Waals surface area contributed by atoms with Crippen molar-refractivity contribution in [2.45, 2.75) is 12.8 Å². The molecule has 3 aromatic rings. The molecule has 0 bridgehead atoms. The topological polar surface area (TPSA) is 135 Å². The number of benzene rings is 2. The number of ether oxygens (including phenoxy) is 3. The number of carbonyl (C=O) groups excluding carboxylic acids is 1. The summed E-state index contributed by atoms with van der Waals surface area (Å²) in [6.07, 6.45) is 0. The molecular weight excluding hydrogens is 481 g/mol. The summed E-state index contributed by atoms with van der Waals surface area (Å²) >= 11 is 12.0. The molecule has 0 spiro atoms. The molecule has 0 fully saturated rings. The van der Waals surface area contributed by atoms with Gasteiger partial charge in [0.05, 0.1) is 23.7 Å². The predicted octanol–water partition coefficient (Wildman–Crippen LogP) is 4.27. The number of aryl methyl sites for hydroxylation is 1. The van der Waals surface area contributed by atoms with Gasteiger partial charge in [-0.25, -0.2) is 0 Å². The number of carbonyl (C=O) groups is 1. The maximum absolute atomic E-state index is 12.4. The number of allylic oxidation sites excluding steroid dienone is 1. The summed E-state index contributed by atoms with van der Waals surface area (Å²) in [7, 11) is 1.48. The summed E-state index contributed by atoms with van der Waals surface area (Å²) in [4.78, 5) is 12.4. The Hall–Kier alpha value is -3.87. The Morgan fingerprint density at radius 3 is 2.79 bits per heavy atom. The van der Waals surface area contributed by atoms with E-state index in [0.717, 1.165) is 11.3 Å². The number of nitrogens with two attached hydrogens (primary N) is 1. The van der Waals surface area contributed by atoms with E-state index in [-0.39, 0.29) is 18.1 Å². The summed E-state index contributed by atoms with van der Waals surface area (Å²) in [5.74, 6) is 0.0981. The smallest absolute Gasteiger partial charge is 0.262 e. The molecule has 9 nitrogen and oxygen atoms in total. The average Bonchev–Trinajstić information content (AvgIpc) is 3.18. The molecule has 1 aliphatic rings. The molecule has 174 valence electrons. The fourth-order valence-corrected chi connectivity index (χ4v) is 4.09. The lowest BCUT2D eigenvalue weighted by atomic mass is 9.84. The molecule has 4 rings (SSSR count). The van der Waals surface area contributed by atoms with Crippen molar-refractivity contribution >= 4 is 34.8 Å². The molecule has 2 aromatic carbocycles. The monoisotopic (exact) mass is 499 g/mol. The molecule has 0 radical (unpaired) electrons. The van der Waals surface area contributed by atoms with Crippen LogP contribution in [0.4, 0.5) is 5.69 Å². The van der Waals surface area contributed by atoms with Crippen LogP contribution in [0.2, 0.25) is 10.0 Å². The number of methoxy groups -OCH3 is 1. The normalized spacial score (nSPS) is 14.6. The first-order valence-corrected chi connectivity index (χ1v) is 10.8. The van der Waals surface area contributed by atoms with Crippen LogP contribution in [-0.2, 0) is 4.79 Å². The van der Waals surface area contributed by atoms with E-state index < -0.39 is 11.8 Å². The van der Waals surface area contributed by atoms with Gasteiger partial charge in [-0.1, -0.05) is 29.3 Å². The van der Waals surface area contributed by atoms with Crippen LogP contribution in [0.5, 0.6) is 17.4 Å². The third-order valence-electron chi connectivity index (χ3n) is 5.21. The van der Waals surface area contributed by atoms with Crippen molar-refractivity contribution in [1.82, 2.24) is 10.2 Å². The summed E-state index contributed by atoms with van der Waals surface area (Å²) in [5, 5.41) is 20.1. The highest BCUT2D eigenvalue weighted by atomic mass is 35.5. The Bertz CT molecular complexity index is 1350. The van der Waals surface area contributed by atoms with Crippen LogP contribution in [0.25, 0.3) is 0 Å². The molecular formula is C23H19Cl2N5O4. The number of halogens is 2. The Labute approximate surface area is 205 Å². The number of rotatable bonds is 6. The van der Waals surface area contributed by atoms with Gasteiger partial charge in [0.25, 0.3) is 5.91 Å². The number of nitrogens with zero attached hydrogens (tertiary/aromatic N) is 2. The second-order valence-corrected chi connectivity index (χ2v) is 8.21. The van der Waals surface area contributed by atoms with Gasteiger partial charge in [-0.15, -0.1) is 5.10 Å². The zero-order valence-corrected chi connectivity index (χ0v) is 19.6. The van der Waals surface area contributed by atoms with E-state index in [1.54, 1.807) is 30.3 Å². The van der Waals surface area contributed by atoms with Crippen molar-refractivity contribution < 1.29 is 19.0 Å². The number of fused-ring (bicyclic) bond motifs is 1. The zero-order valence-electron chi connectivity index (χ0n) is 18.1. The number of nitriles is 1. The summed E-state index contributed by atoms with van der Waals surface area (Å²) in [5.41, 5.74) is 8.82. The predicted molar refractivity (Wildman–Crippen MR) is 126 cm³/mol. The Kier molecular flexibility index (Phi) is 6.54. The van der Waals surface area contributed by atoms with E-state index in [0.29, 0.717) is 38.7 Å². The Balaban J connectivity index is 1.56. The van der Waals surface area contributed by atoms with E-state index in [2.05, 4.69) is 21.6 Å². The van der Waals surface area contributed by atoms with E-state index >= 15 is 0 Å². The lowest BCUT2D eigenvalue weighted by molar-refractivity contribution is -0.118. The molecule has 1 atom stereocenters. The van der Waals surface area contributed by atoms with Crippen LogP contribution < -0.4 is 25.3 Å². The van der Waals surface area contributed by atoms with Gasteiger partial charge in [-0.2, -0.15) is 5.26 Å². The number of nitrogens with one attached hydrogen (secondary N) is 2. The molecule has 34 heavy (non-hydrogen) atoms. The largest absolute Gasteiger partial charge is 0.493 e. The molecule has 1 aromatic heterocycles. The highest BCUT2D eigenvalue weighted by Gasteiger charge is 2.34.